The zero-order valence-electron chi connectivity index (χ0n) is 22.4. The highest BCUT2D eigenvalue weighted by atomic mass is 16.3. The van der Waals surface area contributed by atoms with Gasteiger partial charge >= 0.3 is 0 Å². The second-order valence-corrected chi connectivity index (χ2v) is 10.2. The van der Waals surface area contributed by atoms with Crippen LogP contribution in [0, 0.1) is 0 Å². The Hall–Kier alpha value is -0.610. The van der Waals surface area contributed by atoms with Crippen molar-refractivity contribution in [3.63, 3.8) is 0 Å². The van der Waals surface area contributed by atoms with Crippen LogP contribution in [0.3, 0.4) is 0 Å². The van der Waals surface area contributed by atoms with Gasteiger partial charge in [0.1, 0.15) is 0 Å². The zero-order valence-corrected chi connectivity index (χ0v) is 22.4. The van der Waals surface area contributed by atoms with Gasteiger partial charge in [-0.25, -0.2) is 0 Å². The first-order valence-electron chi connectivity index (χ1n) is 14.7. The van der Waals surface area contributed by atoms with Crippen molar-refractivity contribution in [2.45, 2.75) is 174 Å². The fourth-order valence-corrected chi connectivity index (χ4v) is 4.53. The molecule has 0 aromatic heterocycles. The molecule has 0 radical (unpaired) electrons. The summed E-state index contributed by atoms with van der Waals surface area (Å²) in [5, 5.41) is 22.8. The van der Waals surface area contributed by atoms with E-state index in [0.29, 0.717) is 12.8 Å². The molecule has 4 nitrogen and oxygen atoms in total. The second kappa shape index (κ2) is 26.0. The monoisotopic (exact) mass is 469 g/mol. The Morgan fingerprint density at radius 1 is 0.606 bits per heavy atom. The second-order valence-electron chi connectivity index (χ2n) is 10.2. The summed E-state index contributed by atoms with van der Waals surface area (Å²) in [6.07, 6.45) is 27.3. The molecule has 0 aromatic rings. The number of rotatable bonds is 26. The quantitative estimate of drug-likeness (QED) is 0.113. The fraction of sp³-hybridized carbons (Fsp3) is 0.966. The molecule has 0 aliphatic rings. The predicted octanol–water partition coefficient (Wildman–Crippen LogP) is 7.84. The number of hydrogen-bond donors (Lipinski definition) is 3. The van der Waals surface area contributed by atoms with Gasteiger partial charge in [-0.3, -0.25) is 4.79 Å². The summed E-state index contributed by atoms with van der Waals surface area (Å²) in [4.78, 5) is 12.1. The summed E-state index contributed by atoms with van der Waals surface area (Å²) in [6, 6.07) is -0.524. The van der Waals surface area contributed by atoms with Crippen molar-refractivity contribution in [3.05, 3.63) is 0 Å². The van der Waals surface area contributed by atoms with Gasteiger partial charge in [0, 0.05) is 6.42 Å². The van der Waals surface area contributed by atoms with Gasteiger partial charge in [-0.1, -0.05) is 142 Å². The van der Waals surface area contributed by atoms with Crippen LogP contribution >= 0.6 is 0 Å². The van der Waals surface area contributed by atoms with Crippen molar-refractivity contribution in [3.8, 4) is 0 Å². The summed E-state index contributed by atoms with van der Waals surface area (Å²) in [6.45, 7) is 4.28. The Labute approximate surface area is 206 Å². The zero-order chi connectivity index (χ0) is 24.4. The minimum atomic E-state index is -0.648. The van der Waals surface area contributed by atoms with Gasteiger partial charge in [-0.2, -0.15) is 0 Å². The number of aliphatic hydroxyl groups is 2. The SMILES string of the molecule is CCCCCCCCCCCCCCCCCC(O)C(CO)NC(=O)CCCCCCCC. The summed E-state index contributed by atoms with van der Waals surface area (Å²) in [5.41, 5.74) is 0. The number of hydrogen-bond acceptors (Lipinski definition) is 3. The van der Waals surface area contributed by atoms with E-state index in [9.17, 15) is 15.0 Å². The van der Waals surface area contributed by atoms with E-state index in [1.54, 1.807) is 0 Å². The number of carbonyl (C=O) groups is 1. The maximum absolute atomic E-state index is 12.1. The molecule has 0 saturated heterocycles. The average Bonchev–Trinajstić information content (AvgIpc) is 2.82. The van der Waals surface area contributed by atoms with Crippen molar-refractivity contribution in [2.75, 3.05) is 6.61 Å². The molecule has 0 rings (SSSR count). The lowest BCUT2D eigenvalue weighted by atomic mass is 10.0. The summed E-state index contributed by atoms with van der Waals surface area (Å²) in [5.74, 6) is -0.0416. The van der Waals surface area contributed by atoms with Gasteiger partial charge in [-0.15, -0.1) is 0 Å². The molecule has 2 unspecified atom stereocenters. The summed E-state index contributed by atoms with van der Waals surface area (Å²) >= 11 is 0. The average molecular weight is 470 g/mol. The minimum absolute atomic E-state index is 0.0416. The molecule has 0 bridgehead atoms. The normalized spacial score (nSPS) is 13.2. The van der Waals surface area contributed by atoms with Gasteiger partial charge in [0.05, 0.1) is 18.8 Å². The largest absolute Gasteiger partial charge is 0.394 e. The van der Waals surface area contributed by atoms with Crippen LogP contribution in [0.25, 0.3) is 0 Å². The molecular weight excluding hydrogens is 410 g/mol. The molecule has 2 atom stereocenters. The number of nitrogens with one attached hydrogen (secondary N) is 1. The van der Waals surface area contributed by atoms with E-state index in [2.05, 4.69) is 19.2 Å². The van der Waals surface area contributed by atoms with Crippen molar-refractivity contribution >= 4 is 5.91 Å². The number of carbonyl (C=O) groups excluding carboxylic acids is 1. The van der Waals surface area contributed by atoms with Gasteiger partial charge in [-0.05, 0) is 12.8 Å². The van der Waals surface area contributed by atoms with Crippen LogP contribution in [-0.4, -0.2) is 34.9 Å². The van der Waals surface area contributed by atoms with Gasteiger partial charge in [0.25, 0.3) is 0 Å². The Balaban J connectivity index is 3.53. The van der Waals surface area contributed by atoms with Crippen molar-refractivity contribution in [1.82, 2.24) is 5.32 Å². The minimum Gasteiger partial charge on any atom is -0.394 e. The molecule has 0 aliphatic heterocycles. The molecule has 198 valence electrons. The Morgan fingerprint density at radius 2 is 0.970 bits per heavy atom. The van der Waals surface area contributed by atoms with Crippen LogP contribution in [-0.2, 0) is 4.79 Å². The molecule has 33 heavy (non-hydrogen) atoms. The Kier molecular flexibility index (Phi) is 25.5. The lowest BCUT2D eigenvalue weighted by Gasteiger charge is -2.22. The molecule has 3 N–H and O–H groups in total. The van der Waals surface area contributed by atoms with Crippen molar-refractivity contribution < 1.29 is 15.0 Å². The lowest BCUT2D eigenvalue weighted by Crippen LogP contribution is -2.45. The van der Waals surface area contributed by atoms with Gasteiger partial charge < -0.3 is 15.5 Å². The smallest absolute Gasteiger partial charge is 0.220 e. The summed E-state index contributed by atoms with van der Waals surface area (Å²) in [7, 11) is 0. The van der Waals surface area contributed by atoms with Crippen molar-refractivity contribution in [1.29, 1.82) is 0 Å². The first-order valence-corrected chi connectivity index (χ1v) is 14.7. The van der Waals surface area contributed by atoms with Gasteiger partial charge in [0.15, 0.2) is 0 Å². The fourth-order valence-electron chi connectivity index (χ4n) is 4.53. The van der Waals surface area contributed by atoms with E-state index < -0.39 is 12.1 Å². The van der Waals surface area contributed by atoms with E-state index in [1.165, 1.54) is 109 Å². The standard InChI is InChI=1S/C29H59NO3/c1-3-5-7-9-11-12-13-14-15-16-17-18-19-20-22-24-28(32)27(26-31)30-29(33)25-23-21-10-8-6-4-2/h27-28,31-32H,3-26H2,1-2H3,(H,30,33). The Bertz CT molecular complexity index is 402. The molecule has 0 fully saturated rings. The molecule has 1 amide bonds. The van der Waals surface area contributed by atoms with E-state index >= 15 is 0 Å². The lowest BCUT2D eigenvalue weighted by molar-refractivity contribution is -0.123. The highest BCUT2D eigenvalue weighted by Crippen LogP contribution is 2.15. The molecule has 0 spiro atoms. The third-order valence-electron chi connectivity index (χ3n) is 6.87. The van der Waals surface area contributed by atoms with Gasteiger partial charge in [0.2, 0.25) is 5.91 Å². The van der Waals surface area contributed by atoms with Crippen LogP contribution in [0.15, 0.2) is 0 Å². The molecule has 0 saturated carbocycles. The maximum atomic E-state index is 12.1. The highest BCUT2D eigenvalue weighted by molar-refractivity contribution is 5.76. The van der Waals surface area contributed by atoms with Crippen LogP contribution in [0.1, 0.15) is 162 Å². The van der Waals surface area contributed by atoms with Crippen LogP contribution in [0.4, 0.5) is 0 Å². The van der Waals surface area contributed by atoms with Crippen LogP contribution in [0.2, 0.25) is 0 Å². The molecule has 0 aromatic carbocycles. The number of aliphatic hydroxyl groups excluding tert-OH is 2. The van der Waals surface area contributed by atoms with Crippen LogP contribution < -0.4 is 5.32 Å². The van der Waals surface area contributed by atoms with E-state index in [0.717, 1.165) is 25.7 Å². The number of unbranched alkanes of at least 4 members (excludes halogenated alkanes) is 19. The highest BCUT2D eigenvalue weighted by Gasteiger charge is 2.19. The first kappa shape index (κ1) is 32.4. The third-order valence-corrected chi connectivity index (χ3v) is 6.87. The topological polar surface area (TPSA) is 69.6 Å². The number of amides is 1. The molecular formula is C29H59NO3. The maximum Gasteiger partial charge on any atom is 0.220 e. The third kappa shape index (κ3) is 22.9. The van der Waals surface area contributed by atoms with E-state index in [-0.39, 0.29) is 12.5 Å². The Morgan fingerprint density at radius 3 is 1.36 bits per heavy atom. The molecule has 4 heteroatoms. The van der Waals surface area contributed by atoms with Crippen molar-refractivity contribution in [2.24, 2.45) is 0 Å². The molecule has 0 heterocycles. The first-order chi connectivity index (χ1) is 16.2. The van der Waals surface area contributed by atoms with Crippen LogP contribution in [0.5, 0.6) is 0 Å². The molecule has 0 aliphatic carbocycles. The van der Waals surface area contributed by atoms with E-state index in [4.69, 9.17) is 0 Å². The predicted molar refractivity (Wildman–Crippen MR) is 143 cm³/mol. The summed E-state index contributed by atoms with van der Waals surface area (Å²) < 4.78 is 0. The van der Waals surface area contributed by atoms with E-state index in [1.807, 2.05) is 0 Å².